The number of hydrogen-bond acceptors (Lipinski definition) is 3. The molecule has 84 valence electrons. The molecule has 0 spiro atoms. The zero-order valence-corrected chi connectivity index (χ0v) is 7.49. The van der Waals surface area contributed by atoms with Crippen LogP contribution < -0.4 is 0 Å². The Bertz CT molecular complexity index is 385. The van der Waals surface area contributed by atoms with Crippen LogP contribution in [0.15, 0.2) is 6.20 Å². The van der Waals surface area contributed by atoms with E-state index in [1.807, 2.05) is 0 Å². The van der Waals surface area contributed by atoms with E-state index in [9.17, 15) is 26.7 Å². The Morgan fingerprint density at radius 3 is 2.20 bits per heavy atom. The van der Waals surface area contributed by atoms with Gasteiger partial charge in [0, 0.05) is 0 Å². The fraction of sp³-hybridized carbons (Fsp3) is 0.333. The van der Waals surface area contributed by atoms with E-state index in [0.29, 0.717) is 0 Å². The van der Waals surface area contributed by atoms with E-state index >= 15 is 0 Å². The molecule has 0 saturated carbocycles. The first-order valence-corrected chi connectivity index (χ1v) is 4.12. The van der Waals surface area contributed by atoms with Crippen molar-refractivity contribution in [2.75, 3.05) is 0 Å². The van der Waals surface area contributed by atoms with E-state index in [1.165, 1.54) is 0 Å². The third-order valence-corrected chi connectivity index (χ3v) is 2.43. The van der Waals surface area contributed by atoms with Crippen LogP contribution in [0.4, 0.5) is 22.0 Å². The summed E-state index contributed by atoms with van der Waals surface area (Å²) in [4.78, 5) is 11.4. The fourth-order valence-electron chi connectivity index (χ4n) is 0.642. The van der Waals surface area contributed by atoms with E-state index in [-0.39, 0.29) is 6.20 Å². The number of aliphatic carboxylic acids is 1. The molecule has 0 aliphatic heterocycles. The molecule has 0 radical (unpaired) electrons. The Morgan fingerprint density at radius 1 is 1.33 bits per heavy atom. The van der Waals surface area contributed by atoms with Crippen LogP contribution in [0.25, 0.3) is 0 Å². The Balaban J connectivity index is 3.10. The summed E-state index contributed by atoms with van der Waals surface area (Å²) in [5.74, 6) is -6.93. The normalized spacial score (nSPS) is 12.9. The third-order valence-electron chi connectivity index (χ3n) is 1.32. The van der Waals surface area contributed by atoms with E-state index in [2.05, 4.69) is 4.98 Å². The van der Waals surface area contributed by atoms with Crippen molar-refractivity contribution >= 4 is 17.3 Å². The average molecular weight is 247 g/mol. The molecule has 0 aliphatic rings. The van der Waals surface area contributed by atoms with Gasteiger partial charge in [0.15, 0.2) is 5.01 Å². The van der Waals surface area contributed by atoms with Crippen molar-refractivity contribution in [3.05, 3.63) is 16.1 Å². The number of thiazole rings is 1. The summed E-state index contributed by atoms with van der Waals surface area (Å²) < 4.78 is 61.2. The second-order valence-electron chi connectivity index (χ2n) is 2.41. The maximum Gasteiger partial charge on any atom is 0.427 e. The largest absolute Gasteiger partial charge is 0.476 e. The molecule has 0 fully saturated rings. The van der Waals surface area contributed by atoms with Gasteiger partial charge in [-0.05, 0) is 0 Å². The SMILES string of the molecule is O=C(O)C(F)(F)c1ncc(C(F)(F)F)s1. The highest BCUT2D eigenvalue weighted by Gasteiger charge is 2.46. The van der Waals surface area contributed by atoms with Crippen LogP contribution in [0, 0.1) is 0 Å². The van der Waals surface area contributed by atoms with Crippen LogP contribution in [-0.4, -0.2) is 16.1 Å². The van der Waals surface area contributed by atoms with Gasteiger partial charge in [-0.25, -0.2) is 9.78 Å². The van der Waals surface area contributed by atoms with Crippen LogP contribution >= 0.6 is 11.3 Å². The minimum atomic E-state index is -4.80. The molecule has 15 heavy (non-hydrogen) atoms. The number of carboxylic acid groups (broad SMARTS) is 1. The first-order chi connectivity index (χ1) is 6.65. The molecule has 0 amide bonds. The number of carboxylic acids is 1. The maximum atomic E-state index is 12.7. The van der Waals surface area contributed by atoms with Crippen LogP contribution in [0.1, 0.15) is 9.88 Å². The van der Waals surface area contributed by atoms with Crippen LogP contribution in [0.3, 0.4) is 0 Å². The van der Waals surface area contributed by atoms with Crippen molar-refractivity contribution in [1.82, 2.24) is 4.98 Å². The standard InChI is InChI=1S/C6H2F5NO2S/c7-5(8,4(13)14)3-12-1-2(15-3)6(9,10)11/h1H,(H,13,14). The van der Waals surface area contributed by atoms with E-state index < -0.39 is 39.3 Å². The second-order valence-corrected chi connectivity index (χ2v) is 3.44. The number of halogens is 5. The Hall–Kier alpha value is -1.25. The molecule has 1 rings (SSSR count). The number of nitrogens with zero attached hydrogens (tertiary/aromatic N) is 1. The fourth-order valence-corrected chi connectivity index (χ4v) is 1.39. The molecule has 1 heterocycles. The molecular formula is C6H2F5NO2S. The molecular weight excluding hydrogens is 245 g/mol. The first-order valence-electron chi connectivity index (χ1n) is 3.30. The van der Waals surface area contributed by atoms with Crippen molar-refractivity contribution < 1.29 is 31.9 Å². The summed E-state index contributed by atoms with van der Waals surface area (Å²) in [6.07, 6.45) is -4.62. The van der Waals surface area contributed by atoms with Gasteiger partial charge in [0.25, 0.3) is 0 Å². The van der Waals surface area contributed by atoms with Gasteiger partial charge in [-0.2, -0.15) is 22.0 Å². The Kier molecular flexibility index (Phi) is 2.68. The summed E-state index contributed by atoms with van der Waals surface area (Å²) in [5.41, 5.74) is 0. The minimum absolute atomic E-state index is 0.177. The third kappa shape index (κ3) is 2.22. The highest BCUT2D eigenvalue weighted by molar-refractivity contribution is 7.12. The minimum Gasteiger partial charge on any atom is -0.476 e. The summed E-state index contributed by atoms with van der Waals surface area (Å²) in [7, 11) is 0. The van der Waals surface area contributed by atoms with Crippen molar-refractivity contribution in [1.29, 1.82) is 0 Å². The van der Waals surface area contributed by atoms with E-state index in [1.54, 1.807) is 0 Å². The van der Waals surface area contributed by atoms with Gasteiger partial charge in [0.1, 0.15) is 4.88 Å². The monoisotopic (exact) mass is 247 g/mol. The van der Waals surface area contributed by atoms with E-state index in [0.717, 1.165) is 0 Å². The van der Waals surface area contributed by atoms with Crippen molar-refractivity contribution in [3.8, 4) is 0 Å². The van der Waals surface area contributed by atoms with Crippen LogP contribution in [-0.2, 0) is 16.9 Å². The molecule has 1 aromatic heterocycles. The van der Waals surface area contributed by atoms with Gasteiger partial charge in [-0.1, -0.05) is 0 Å². The second kappa shape index (κ2) is 3.40. The molecule has 3 nitrogen and oxygen atoms in total. The van der Waals surface area contributed by atoms with Gasteiger partial charge in [-0.15, -0.1) is 11.3 Å². The molecule has 0 aliphatic carbocycles. The van der Waals surface area contributed by atoms with E-state index in [4.69, 9.17) is 5.11 Å². The predicted molar refractivity (Wildman–Crippen MR) is 38.6 cm³/mol. The Morgan fingerprint density at radius 2 is 1.87 bits per heavy atom. The molecule has 0 saturated heterocycles. The van der Waals surface area contributed by atoms with Gasteiger partial charge in [0.05, 0.1) is 6.20 Å². The highest BCUT2D eigenvalue weighted by Crippen LogP contribution is 2.38. The summed E-state index contributed by atoms with van der Waals surface area (Å²) in [5, 5.41) is 6.66. The zero-order valence-electron chi connectivity index (χ0n) is 6.68. The quantitative estimate of drug-likeness (QED) is 0.816. The Labute approximate surface area is 83.2 Å². The predicted octanol–water partition coefficient (Wildman–Crippen LogP) is 2.34. The molecule has 0 bridgehead atoms. The van der Waals surface area contributed by atoms with Crippen molar-refractivity contribution in [2.24, 2.45) is 0 Å². The lowest BCUT2D eigenvalue weighted by Crippen LogP contribution is -2.24. The lowest BCUT2D eigenvalue weighted by atomic mass is 10.4. The lowest BCUT2D eigenvalue weighted by Gasteiger charge is -2.06. The molecule has 1 N–H and O–H groups in total. The zero-order chi connectivity index (χ0) is 11.9. The lowest BCUT2D eigenvalue weighted by molar-refractivity contribution is -0.166. The molecule has 1 aromatic rings. The summed E-state index contributed by atoms with van der Waals surface area (Å²) in [6.45, 7) is 0. The number of hydrogen-bond donors (Lipinski definition) is 1. The average Bonchev–Trinajstić information content (AvgIpc) is 2.50. The topological polar surface area (TPSA) is 50.2 Å². The molecule has 0 unspecified atom stereocenters. The number of alkyl halides is 5. The summed E-state index contributed by atoms with van der Waals surface area (Å²) >= 11 is -0.392. The van der Waals surface area contributed by atoms with Crippen LogP contribution in [0.2, 0.25) is 0 Å². The summed E-state index contributed by atoms with van der Waals surface area (Å²) in [6, 6.07) is 0. The smallest absolute Gasteiger partial charge is 0.427 e. The van der Waals surface area contributed by atoms with Gasteiger partial charge in [0.2, 0.25) is 0 Å². The van der Waals surface area contributed by atoms with Crippen LogP contribution in [0.5, 0.6) is 0 Å². The number of aromatic nitrogens is 1. The van der Waals surface area contributed by atoms with Gasteiger partial charge >= 0.3 is 18.1 Å². The van der Waals surface area contributed by atoms with Crippen molar-refractivity contribution in [3.63, 3.8) is 0 Å². The first kappa shape index (κ1) is 11.8. The highest BCUT2D eigenvalue weighted by atomic mass is 32.1. The maximum absolute atomic E-state index is 12.7. The number of rotatable bonds is 2. The molecule has 9 heteroatoms. The van der Waals surface area contributed by atoms with Gasteiger partial charge < -0.3 is 5.11 Å². The number of carbonyl (C=O) groups is 1. The van der Waals surface area contributed by atoms with Gasteiger partial charge in [-0.3, -0.25) is 0 Å². The molecule has 0 atom stereocenters. The van der Waals surface area contributed by atoms with Crippen molar-refractivity contribution in [2.45, 2.75) is 12.1 Å². The molecule has 0 aromatic carbocycles.